The third-order valence-electron chi connectivity index (χ3n) is 5.19. The summed E-state index contributed by atoms with van der Waals surface area (Å²) in [5.74, 6) is -0.0651. The average Bonchev–Trinajstić information content (AvgIpc) is 2.80. The molecule has 8 heteroatoms. The van der Waals surface area contributed by atoms with Crippen molar-refractivity contribution in [3.05, 3.63) is 89.5 Å². The Labute approximate surface area is 200 Å². The fourth-order valence-corrected chi connectivity index (χ4v) is 4.72. The number of ketones is 1. The lowest BCUT2D eigenvalue weighted by Crippen LogP contribution is -2.45. The number of Topliss-reactive ketones (excluding diaryl/α,β-unsaturated/α-hetero) is 1. The van der Waals surface area contributed by atoms with Crippen LogP contribution in [0.3, 0.4) is 0 Å². The van der Waals surface area contributed by atoms with Gasteiger partial charge in [-0.3, -0.25) is 9.59 Å². The van der Waals surface area contributed by atoms with Gasteiger partial charge in [0.05, 0.1) is 11.5 Å². The van der Waals surface area contributed by atoms with Crippen molar-refractivity contribution in [2.24, 2.45) is 0 Å². The molecule has 0 aliphatic carbocycles. The number of rotatable bonds is 10. The number of hydrogen-bond acceptors (Lipinski definition) is 5. The fourth-order valence-electron chi connectivity index (χ4n) is 3.44. The maximum Gasteiger partial charge on any atom is 0.242 e. The lowest BCUT2D eigenvalue weighted by atomic mass is 10.1. The highest BCUT2D eigenvalue weighted by Gasteiger charge is 2.27. The molecule has 1 amide bonds. The molecular weight excluding hydrogens is 452 g/mol. The standard InChI is InChI=1S/C26H28N2O5S/c1-4-33-25-14-13-23(15-18(25)2)34(31,32)28-24(16-20-9-6-5-7-10-20)26(30)27-22-12-8-11-21(17-22)19(3)29/h5-15,17,24,28H,4,16H2,1-3H3,(H,27,30)/t24-/m1/s1. The molecule has 3 aromatic rings. The van der Waals surface area contributed by atoms with E-state index in [1.807, 2.05) is 37.3 Å². The molecular formula is C26H28N2O5S. The quantitative estimate of drug-likeness (QED) is 0.425. The van der Waals surface area contributed by atoms with Crippen LogP contribution < -0.4 is 14.8 Å². The Hall–Kier alpha value is -3.49. The highest BCUT2D eigenvalue weighted by atomic mass is 32.2. The van der Waals surface area contributed by atoms with Crippen LogP contribution in [0.4, 0.5) is 5.69 Å². The molecule has 0 fully saturated rings. The summed E-state index contributed by atoms with van der Waals surface area (Å²) in [5, 5.41) is 2.73. The zero-order valence-electron chi connectivity index (χ0n) is 19.4. The van der Waals surface area contributed by atoms with E-state index in [0.717, 1.165) is 5.56 Å². The Balaban J connectivity index is 1.88. The minimum Gasteiger partial charge on any atom is -0.494 e. The van der Waals surface area contributed by atoms with Gasteiger partial charge in [-0.1, -0.05) is 42.5 Å². The monoisotopic (exact) mass is 480 g/mol. The number of ether oxygens (including phenoxy) is 1. The smallest absolute Gasteiger partial charge is 0.242 e. The SMILES string of the molecule is CCOc1ccc(S(=O)(=O)N[C@H](Cc2ccccc2)C(=O)Nc2cccc(C(C)=O)c2)cc1C. The number of hydrogen-bond donors (Lipinski definition) is 2. The topological polar surface area (TPSA) is 102 Å². The van der Waals surface area contributed by atoms with Gasteiger partial charge in [-0.15, -0.1) is 0 Å². The molecule has 178 valence electrons. The van der Waals surface area contributed by atoms with Gasteiger partial charge in [-0.2, -0.15) is 4.72 Å². The Morgan fingerprint density at radius 3 is 2.35 bits per heavy atom. The van der Waals surface area contributed by atoms with Crippen LogP contribution in [-0.2, 0) is 21.2 Å². The van der Waals surface area contributed by atoms with Crippen LogP contribution >= 0.6 is 0 Å². The van der Waals surface area contributed by atoms with Crippen LogP contribution in [0.25, 0.3) is 0 Å². The predicted molar refractivity (Wildman–Crippen MR) is 132 cm³/mol. The van der Waals surface area contributed by atoms with E-state index in [2.05, 4.69) is 10.0 Å². The van der Waals surface area contributed by atoms with Gasteiger partial charge in [0.2, 0.25) is 15.9 Å². The molecule has 34 heavy (non-hydrogen) atoms. The number of amides is 1. The van der Waals surface area contributed by atoms with E-state index in [0.29, 0.717) is 29.2 Å². The second-order valence-electron chi connectivity index (χ2n) is 7.85. The average molecular weight is 481 g/mol. The number of aryl methyl sites for hydroxylation is 1. The summed E-state index contributed by atoms with van der Waals surface area (Å²) in [6, 6.07) is 19.1. The largest absolute Gasteiger partial charge is 0.494 e. The van der Waals surface area contributed by atoms with E-state index in [1.165, 1.54) is 19.1 Å². The molecule has 3 rings (SSSR count). The maximum atomic E-state index is 13.2. The van der Waals surface area contributed by atoms with Gasteiger partial charge in [-0.05, 0) is 68.7 Å². The highest BCUT2D eigenvalue weighted by molar-refractivity contribution is 7.89. The Bertz CT molecular complexity index is 1270. The van der Waals surface area contributed by atoms with E-state index >= 15 is 0 Å². The van der Waals surface area contributed by atoms with Crippen molar-refractivity contribution in [2.45, 2.75) is 38.1 Å². The molecule has 0 heterocycles. The third kappa shape index (κ3) is 6.52. The summed E-state index contributed by atoms with van der Waals surface area (Å²) in [6.45, 7) is 5.52. The summed E-state index contributed by atoms with van der Waals surface area (Å²) in [7, 11) is -4.01. The first-order chi connectivity index (χ1) is 16.2. The molecule has 1 atom stereocenters. The molecule has 0 radical (unpaired) electrons. The molecule has 0 aliphatic heterocycles. The Kier molecular flexibility index (Phi) is 8.20. The molecule has 7 nitrogen and oxygen atoms in total. The van der Waals surface area contributed by atoms with E-state index < -0.39 is 22.0 Å². The van der Waals surface area contributed by atoms with E-state index in [4.69, 9.17) is 4.74 Å². The van der Waals surface area contributed by atoms with Gasteiger partial charge in [0.25, 0.3) is 0 Å². The van der Waals surface area contributed by atoms with Crippen molar-refractivity contribution in [1.29, 1.82) is 0 Å². The van der Waals surface area contributed by atoms with Gasteiger partial charge in [0.15, 0.2) is 5.78 Å². The first kappa shape index (κ1) is 25.1. The van der Waals surface area contributed by atoms with Crippen molar-refractivity contribution >= 4 is 27.4 Å². The molecule has 0 saturated carbocycles. The molecule has 0 unspecified atom stereocenters. The normalized spacial score (nSPS) is 12.1. The van der Waals surface area contributed by atoms with Gasteiger partial charge in [0.1, 0.15) is 11.8 Å². The maximum absolute atomic E-state index is 13.2. The number of carbonyl (C=O) groups excluding carboxylic acids is 2. The number of carbonyl (C=O) groups is 2. The number of benzene rings is 3. The summed E-state index contributed by atoms with van der Waals surface area (Å²) in [4.78, 5) is 24.9. The van der Waals surface area contributed by atoms with E-state index in [9.17, 15) is 18.0 Å². The Morgan fingerprint density at radius 1 is 0.971 bits per heavy atom. The van der Waals surface area contributed by atoms with Gasteiger partial charge in [-0.25, -0.2) is 8.42 Å². The van der Waals surface area contributed by atoms with Crippen LogP contribution in [0.15, 0.2) is 77.7 Å². The first-order valence-electron chi connectivity index (χ1n) is 10.9. The zero-order valence-corrected chi connectivity index (χ0v) is 20.2. The van der Waals surface area contributed by atoms with Crippen LogP contribution in [0.1, 0.15) is 35.3 Å². The van der Waals surface area contributed by atoms with Crippen molar-refractivity contribution in [1.82, 2.24) is 4.72 Å². The molecule has 3 aromatic carbocycles. The second-order valence-corrected chi connectivity index (χ2v) is 9.56. The molecule has 2 N–H and O–H groups in total. The van der Waals surface area contributed by atoms with Crippen LogP contribution in [0, 0.1) is 6.92 Å². The summed E-state index contributed by atoms with van der Waals surface area (Å²) in [6.07, 6.45) is 0.147. The van der Waals surface area contributed by atoms with Crippen molar-refractivity contribution in [3.63, 3.8) is 0 Å². The van der Waals surface area contributed by atoms with Gasteiger partial charge in [0, 0.05) is 11.3 Å². The lowest BCUT2D eigenvalue weighted by molar-refractivity contribution is -0.117. The molecule has 0 aliphatic rings. The second kappa shape index (κ2) is 11.1. The molecule has 0 spiro atoms. The first-order valence-corrected chi connectivity index (χ1v) is 12.4. The number of sulfonamides is 1. The molecule has 0 aromatic heterocycles. The molecule has 0 saturated heterocycles. The summed E-state index contributed by atoms with van der Waals surface area (Å²) in [5.41, 5.74) is 2.33. The highest BCUT2D eigenvalue weighted by Crippen LogP contribution is 2.22. The number of anilines is 1. The van der Waals surface area contributed by atoms with Crippen LogP contribution in [-0.4, -0.2) is 32.8 Å². The minimum atomic E-state index is -4.01. The Morgan fingerprint density at radius 2 is 1.71 bits per heavy atom. The third-order valence-corrected chi connectivity index (χ3v) is 6.66. The number of nitrogens with one attached hydrogen (secondary N) is 2. The summed E-state index contributed by atoms with van der Waals surface area (Å²) < 4.78 is 34.4. The zero-order chi connectivity index (χ0) is 24.7. The minimum absolute atomic E-state index is 0.0397. The van der Waals surface area contributed by atoms with Crippen molar-refractivity contribution in [3.8, 4) is 5.75 Å². The van der Waals surface area contributed by atoms with Gasteiger partial charge < -0.3 is 10.1 Å². The van der Waals surface area contributed by atoms with Crippen LogP contribution in [0.5, 0.6) is 5.75 Å². The van der Waals surface area contributed by atoms with Gasteiger partial charge >= 0.3 is 0 Å². The predicted octanol–water partition coefficient (Wildman–Crippen LogP) is 4.12. The van der Waals surface area contributed by atoms with Crippen molar-refractivity contribution < 1.29 is 22.7 Å². The van der Waals surface area contributed by atoms with E-state index in [-0.39, 0.29) is 17.1 Å². The van der Waals surface area contributed by atoms with E-state index in [1.54, 1.807) is 37.3 Å². The molecule has 0 bridgehead atoms. The fraction of sp³-hybridized carbons (Fsp3) is 0.231. The van der Waals surface area contributed by atoms with Crippen LogP contribution in [0.2, 0.25) is 0 Å². The summed E-state index contributed by atoms with van der Waals surface area (Å²) >= 11 is 0. The van der Waals surface area contributed by atoms with Crippen molar-refractivity contribution in [2.75, 3.05) is 11.9 Å². The lowest BCUT2D eigenvalue weighted by Gasteiger charge is -2.19.